The number of amides is 2. The number of rotatable bonds is 5. The summed E-state index contributed by atoms with van der Waals surface area (Å²) in [5, 5.41) is 2.97. The van der Waals surface area contributed by atoms with E-state index in [0.717, 1.165) is 17.5 Å². The Hall–Kier alpha value is -2.66. The first-order chi connectivity index (χ1) is 13.0. The van der Waals surface area contributed by atoms with Gasteiger partial charge in [0.2, 0.25) is 5.91 Å². The number of carbonyl (C=O) groups excluding carboxylic acids is 2. The third-order valence-electron chi connectivity index (χ3n) is 5.04. The Balaban J connectivity index is 1.71. The molecular formula is C22H26N2O3. The van der Waals surface area contributed by atoms with Gasteiger partial charge in [-0.25, -0.2) is 0 Å². The van der Waals surface area contributed by atoms with Crippen LogP contribution in [0.4, 0.5) is 0 Å². The minimum absolute atomic E-state index is 0.0746. The van der Waals surface area contributed by atoms with Crippen LogP contribution in [-0.2, 0) is 20.7 Å². The number of carbonyl (C=O) groups is 2. The minimum Gasteiger partial charge on any atom is -0.356 e. The quantitative estimate of drug-likeness (QED) is 0.885. The highest BCUT2D eigenvalue weighted by Crippen LogP contribution is 2.31. The molecule has 27 heavy (non-hydrogen) atoms. The summed E-state index contributed by atoms with van der Waals surface area (Å²) in [6.45, 7) is 4.49. The Labute approximate surface area is 160 Å². The summed E-state index contributed by atoms with van der Waals surface area (Å²) in [4.78, 5) is 26.6. The minimum atomic E-state index is -0.716. The molecule has 1 aliphatic rings. The van der Waals surface area contributed by atoms with E-state index in [2.05, 4.69) is 30.4 Å². The molecular weight excluding hydrogens is 340 g/mol. The molecule has 0 saturated carbocycles. The number of aryl methyl sites for hydroxylation is 2. The maximum Gasteiger partial charge on any atom is 0.251 e. The molecule has 1 N–H and O–H groups in total. The number of nitrogens with one attached hydrogen (secondary N) is 1. The fourth-order valence-electron chi connectivity index (χ4n) is 3.52. The summed E-state index contributed by atoms with van der Waals surface area (Å²) in [5.74, 6) is -0.303. The van der Waals surface area contributed by atoms with E-state index in [1.807, 2.05) is 37.3 Å². The number of ether oxygens (including phenoxy) is 1. The second kappa shape index (κ2) is 8.35. The van der Waals surface area contributed by atoms with Crippen molar-refractivity contribution in [2.75, 3.05) is 20.2 Å². The van der Waals surface area contributed by atoms with Crippen molar-refractivity contribution in [1.29, 1.82) is 0 Å². The van der Waals surface area contributed by atoms with Crippen LogP contribution >= 0.6 is 0 Å². The van der Waals surface area contributed by atoms with Crippen molar-refractivity contribution < 1.29 is 14.3 Å². The second-order valence-corrected chi connectivity index (χ2v) is 7.07. The molecule has 0 aliphatic carbocycles. The Morgan fingerprint density at radius 3 is 2.70 bits per heavy atom. The normalized spacial score (nSPS) is 19.8. The molecule has 1 aliphatic heterocycles. The molecule has 0 aromatic heterocycles. The lowest BCUT2D eigenvalue weighted by Gasteiger charge is -2.38. The molecule has 2 aromatic carbocycles. The van der Waals surface area contributed by atoms with Gasteiger partial charge in [0.05, 0.1) is 6.04 Å². The van der Waals surface area contributed by atoms with E-state index >= 15 is 0 Å². The summed E-state index contributed by atoms with van der Waals surface area (Å²) in [6.07, 6.45) is 0.0375. The number of likely N-dealkylation sites (N-methyl/N-ethyl adjacent to an activating group) is 1. The smallest absolute Gasteiger partial charge is 0.251 e. The molecule has 2 aromatic rings. The zero-order chi connectivity index (χ0) is 19.4. The molecule has 2 atom stereocenters. The Bertz CT molecular complexity index is 834. The van der Waals surface area contributed by atoms with E-state index in [1.165, 1.54) is 11.1 Å². The monoisotopic (exact) mass is 366 g/mol. The highest BCUT2D eigenvalue weighted by molar-refractivity contribution is 5.86. The molecule has 1 saturated heterocycles. The number of hydrogen-bond donors (Lipinski definition) is 1. The average molecular weight is 366 g/mol. The van der Waals surface area contributed by atoms with Crippen LogP contribution in [0.3, 0.4) is 0 Å². The van der Waals surface area contributed by atoms with Crippen LogP contribution in [0.1, 0.15) is 28.3 Å². The van der Waals surface area contributed by atoms with Crippen LogP contribution in [0, 0.1) is 13.8 Å². The van der Waals surface area contributed by atoms with Crippen molar-refractivity contribution in [2.45, 2.75) is 32.4 Å². The second-order valence-electron chi connectivity index (χ2n) is 7.07. The van der Waals surface area contributed by atoms with Crippen molar-refractivity contribution in [2.24, 2.45) is 0 Å². The van der Waals surface area contributed by atoms with Gasteiger partial charge in [0.1, 0.15) is 6.61 Å². The molecule has 5 heteroatoms. The average Bonchev–Trinajstić information content (AvgIpc) is 2.64. The molecule has 142 valence electrons. The molecule has 3 rings (SSSR count). The van der Waals surface area contributed by atoms with Crippen LogP contribution in [-0.4, -0.2) is 43.0 Å². The number of benzene rings is 2. The topological polar surface area (TPSA) is 58.6 Å². The molecule has 0 spiro atoms. The summed E-state index contributed by atoms with van der Waals surface area (Å²) >= 11 is 0. The highest BCUT2D eigenvalue weighted by Gasteiger charge is 2.40. The van der Waals surface area contributed by atoms with Gasteiger partial charge in [-0.1, -0.05) is 54.1 Å². The van der Waals surface area contributed by atoms with Crippen molar-refractivity contribution in [3.8, 4) is 0 Å². The molecule has 5 nitrogen and oxygen atoms in total. The fourth-order valence-corrected chi connectivity index (χ4v) is 3.52. The van der Waals surface area contributed by atoms with E-state index in [1.54, 1.807) is 11.9 Å². The van der Waals surface area contributed by atoms with Gasteiger partial charge in [-0.05, 0) is 37.0 Å². The van der Waals surface area contributed by atoms with Crippen LogP contribution in [0.15, 0.2) is 48.5 Å². The third kappa shape index (κ3) is 4.37. The van der Waals surface area contributed by atoms with Crippen molar-refractivity contribution in [3.63, 3.8) is 0 Å². The molecule has 0 bridgehead atoms. The van der Waals surface area contributed by atoms with Crippen molar-refractivity contribution in [3.05, 3.63) is 70.8 Å². The van der Waals surface area contributed by atoms with E-state index in [0.29, 0.717) is 6.54 Å². The maximum absolute atomic E-state index is 12.8. The van der Waals surface area contributed by atoms with Crippen LogP contribution in [0.25, 0.3) is 0 Å². The van der Waals surface area contributed by atoms with E-state index in [9.17, 15) is 9.59 Å². The molecule has 0 radical (unpaired) electrons. The van der Waals surface area contributed by atoms with Gasteiger partial charge in [0.15, 0.2) is 6.10 Å². The number of hydrogen-bond acceptors (Lipinski definition) is 3. The van der Waals surface area contributed by atoms with E-state index < -0.39 is 12.1 Å². The predicted molar refractivity (Wildman–Crippen MR) is 104 cm³/mol. The summed E-state index contributed by atoms with van der Waals surface area (Å²) in [7, 11) is 1.73. The lowest BCUT2D eigenvalue weighted by molar-refractivity contribution is -0.162. The molecule has 2 amide bonds. The SMILES string of the molecule is Cc1cccc(CCNC(=O)[C@H]2OCC(=O)N(C)[C@@H]2c2ccccc2C)c1. The van der Waals surface area contributed by atoms with E-state index in [4.69, 9.17) is 4.74 Å². The molecule has 0 unspecified atom stereocenters. The summed E-state index contributed by atoms with van der Waals surface area (Å²) in [5.41, 5.74) is 4.36. The first kappa shape index (κ1) is 19.1. The van der Waals surface area contributed by atoms with Gasteiger partial charge in [0, 0.05) is 13.6 Å². The Morgan fingerprint density at radius 1 is 1.19 bits per heavy atom. The fraction of sp³-hybridized carbons (Fsp3) is 0.364. The Kier molecular flexibility index (Phi) is 5.91. The lowest BCUT2D eigenvalue weighted by Crippen LogP contribution is -2.53. The number of morpholine rings is 1. The van der Waals surface area contributed by atoms with Gasteiger partial charge in [0.25, 0.3) is 5.91 Å². The van der Waals surface area contributed by atoms with Gasteiger partial charge in [-0.15, -0.1) is 0 Å². The molecule has 1 heterocycles. The van der Waals surface area contributed by atoms with Crippen LogP contribution in [0.5, 0.6) is 0 Å². The molecule has 1 fully saturated rings. The van der Waals surface area contributed by atoms with Gasteiger partial charge >= 0.3 is 0 Å². The Morgan fingerprint density at radius 2 is 1.96 bits per heavy atom. The summed E-state index contributed by atoms with van der Waals surface area (Å²) in [6, 6.07) is 15.6. The first-order valence-corrected chi connectivity index (χ1v) is 9.23. The lowest BCUT2D eigenvalue weighted by atomic mass is 9.94. The highest BCUT2D eigenvalue weighted by atomic mass is 16.5. The van der Waals surface area contributed by atoms with Crippen molar-refractivity contribution >= 4 is 11.8 Å². The predicted octanol–water partition coefficient (Wildman–Crippen LogP) is 2.56. The van der Waals surface area contributed by atoms with Gasteiger partial charge in [-0.3, -0.25) is 9.59 Å². The van der Waals surface area contributed by atoms with Crippen molar-refractivity contribution in [1.82, 2.24) is 10.2 Å². The van der Waals surface area contributed by atoms with E-state index in [-0.39, 0.29) is 18.4 Å². The zero-order valence-corrected chi connectivity index (χ0v) is 16.1. The zero-order valence-electron chi connectivity index (χ0n) is 16.1. The summed E-state index contributed by atoms with van der Waals surface area (Å²) < 4.78 is 5.66. The third-order valence-corrected chi connectivity index (χ3v) is 5.04. The maximum atomic E-state index is 12.8. The van der Waals surface area contributed by atoms with Crippen LogP contribution in [0.2, 0.25) is 0 Å². The van der Waals surface area contributed by atoms with Gasteiger partial charge in [-0.2, -0.15) is 0 Å². The number of nitrogens with zero attached hydrogens (tertiary/aromatic N) is 1. The van der Waals surface area contributed by atoms with Gasteiger partial charge < -0.3 is 15.0 Å². The first-order valence-electron chi connectivity index (χ1n) is 9.23. The standard InChI is InChI=1S/C22H26N2O3/c1-15-7-6-9-17(13-15)11-12-23-22(26)21-20(24(3)19(25)14-27-21)18-10-5-4-8-16(18)2/h4-10,13,20-21H,11-12,14H2,1-3H3,(H,23,26)/t20-,21+/m1/s1. The van der Waals surface area contributed by atoms with Crippen LogP contribution < -0.4 is 5.32 Å². The largest absolute Gasteiger partial charge is 0.356 e.